The number of hydrogen-bond acceptors (Lipinski definition) is 3. The van der Waals surface area contributed by atoms with Gasteiger partial charge in [-0.15, -0.1) is 0 Å². The van der Waals surface area contributed by atoms with Crippen molar-refractivity contribution in [3.63, 3.8) is 0 Å². The van der Waals surface area contributed by atoms with Gasteiger partial charge >= 0.3 is 0 Å². The van der Waals surface area contributed by atoms with Crippen molar-refractivity contribution in [2.24, 2.45) is 0 Å². The normalized spacial score (nSPS) is 21.8. The Morgan fingerprint density at radius 2 is 2.00 bits per heavy atom. The smallest absolute Gasteiger partial charge is 0.128 e. The van der Waals surface area contributed by atoms with Crippen LogP contribution in [-0.2, 0) is 6.42 Å². The highest BCUT2D eigenvalue weighted by molar-refractivity contribution is 5.40. The zero-order chi connectivity index (χ0) is 11.7. The molecule has 1 N–H and O–H groups in total. The fourth-order valence-electron chi connectivity index (χ4n) is 2.47. The van der Waals surface area contributed by atoms with E-state index in [1.807, 2.05) is 6.20 Å². The van der Waals surface area contributed by atoms with E-state index in [1.165, 1.54) is 18.4 Å². The number of nitrogens with zero attached hydrogens (tertiary/aromatic N) is 2. The van der Waals surface area contributed by atoms with E-state index in [1.54, 1.807) is 0 Å². The van der Waals surface area contributed by atoms with Gasteiger partial charge in [-0.25, -0.2) is 4.98 Å². The number of aromatic nitrogens is 1. The molecule has 92 valence electrons. The molecule has 1 saturated heterocycles. The Kier molecular flexibility index (Phi) is 2.79. The Morgan fingerprint density at radius 3 is 2.59 bits per heavy atom. The third-order valence-corrected chi connectivity index (χ3v) is 3.95. The fourth-order valence-corrected chi connectivity index (χ4v) is 2.47. The third-order valence-electron chi connectivity index (χ3n) is 3.95. The molecule has 17 heavy (non-hydrogen) atoms. The SMILES string of the molecule is OC1(CCc2ccc(N3CCCC3)nc2)CC1. The summed E-state index contributed by atoms with van der Waals surface area (Å²) in [5.74, 6) is 1.11. The number of rotatable bonds is 4. The monoisotopic (exact) mass is 232 g/mol. The lowest BCUT2D eigenvalue weighted by molar-refractivity contribution is 0.140. The molecule has 2 aliphatic rings. The summed E-state index contributed by atoms with van der Waals surface area (Å²) in [6, 6.07) is 4.28. The standard InChI is InChI=1S/C14H20N2O/c17-14(7-8-14)6-5-12-3-4-13(15-11-12)16-9-1-2-10-16/h3-4,11,17H,1-2,5-10H2. The van der Waals surface area contributed by atoms with Gasteiger partial charge in [0.15, 0.2) is 0 Å². The van der Waals surface area contributed by atoms with Crippen LogP contribution in [0.3, 0.4) is 0 Å². The largest absolute Gasteiger partial charge is 0.390 e. The Labute approximate surface area is 102 Å². The Morgan fingerprint density at radius 1 is 1.24 bits per heavy atom. The Bertz CT molecular complexity index is 378. The minimum atomic E-state index is -0.340. The van der Waals surface area contributed by atoms with Crippen LogP contribution in [0.25, 0.3) is 0 Å². The molecule has 1 aliphatic carbocycles. The van der Waals surface area contributed by atoms with Crippen LogP contribution in [0.5, 0.6) is 0 Å². The van der Waals surface area contributed by atoms with E-state index < -0.39 is 0 Å². The predicted molar refractivity (Wildman–Crippen MR) is 68.2 cm³/mol. The number of pyridine rings is 1. The van der Waals surface area contributed by atoms with Crippen molar-refractivity contribution in [2.45, 2.75) is 44.1 Å². The van der Waals surface area contributed by atoms with Gasteiger partial charge in [0, 0.05) is 19.3 Å². The molecule has 3 rings (SSSR count). The lowest BCUT2D eigenvalue weighted by atomic mass is 10.1. The fraction of sp³-hybridized carbons (Fsp3) is 0.643. The van der Waals surface area contributed by atoms with Gasteiger partial charge in [0.2, 0.25) is 0 Å². The van der Waals surface area contributed by atoms with Crippen molar-refractivity contribution in [1.82, 2.24) is 4.98 Å². The highest BCUT2D eigenvalue weighted by atomic mass is 16.3. The Balaban J connectivity index is 1.59. The molecule has 0 bridgehead atoms. The van der Waals surface area contributed by atoms with E-state index in [0.29, 0.717) is 0 Å². The van der Waals surface area contributed by atoms with Crippen LogP contribution >= 0.6 is 0 Å². The van der Waals surface area contributed by atoms with Crippen LogP contribution in [0.1, 0.15) is 37.7 Å². The molecule has 0 spiro atoms. The molecule has 3 heteroatoms. The Hall–Kier alpha value is -1.09. The van der Waals surface area contributed by atoms with E-state index in [-0.39, 0.29) is 5.60 Å². The first kappa shape index (κ1) is 11.0. The predicted octanol–water partition coefficient (Wildman–Crippen LogP) is 2.14. The lowest BCUT2D eigenvalue weighted by Gasteiger charge is -2.16. The van der Waals surface area contributed by atoms with Gasteiger partial charge in [0.05, 0.1) is 5.60 Å². The van der Waals surface area contributed by atoms with Crippen LogP contribution in [0.15, 0.2) is 18.3 Å². The number of aliphatic hydroxyl groups is 1. The molecule has 2 fully saturated rings. The molecular formula is C14H20N2O. The number of hydrogen-bond donors (Lipinski definition) is 1. The van der Waals surface area contributed by atoms with Crippen molar-refractivity contribution in [3.05, 3.63) is 23.9 Å². The van der Waals surface area contributed by atoms with Crippen LogP contribution in [0.4, 0.5) is 5.82 Å². The minimum Gasteiger partial charge on any atom is -0.390 e. The first-order chi connectivity index (χ1) is 8.25. The number of anilines is 1. The maximum absolute atomic E-state index is 9.79. The third kappa shape index (κ3) is 2.60. The van der Waals surface area contributed by atoms with E-state index in [4.69, 9.17) is 0 Å². The molecule has 0 atom stereocenters. The van der Waals surface area contributed by atoms with Gasteiger partial charge in [-0.1, -0.05) is 6.07 Å². The summed E-state index contributed by atoms with van der Waals surface area (Å²) in [6.45, 7) is 2.29. The zero-order valence-electron chi connectivity index (χ0n) is 10.2. The molecule has 3 nitrogen and oxygen atoms in total. The molecule has 1 aromatic rings. The summed E-state index contributed by atoms with van der Waals surface area (Å²) < 4.78 is 0. The topological polar surface area (TPSA) is 36.4 Å². The molecule has 1 saturated carbocycles. The minimum absolute atomic E-state index is 0.340. The second kappa shape index (κ2) is 4.30. The van der Waals surface area contributed by atoms with Gasteiger partial charge in [-0.2, -0.15) is 0 Å². The second-order valence-electron chi connectivity index (χ2n) is 5.44. The van der Waals surface area contributed by atoms with Crippen LogP contribution in [-0.4, -0.2) is 28.8 Å². The van der Waals surface area contributed by atoms with Crippen LogP contribution in [0, 0.1) is 0 Å². The van der Waals surface area contributed by atoms with E-state index in [0.717, 1.165) is 44.6 Å². The zero-order valence-corrected chi connectivity index (χ0v) is 10.2. The van der Waals surface area contributed by atoms with Crippen LogP contribution in [0.2, 0.25) is 0 Å². The van der Waals surface area contributed by atoms with E-state index in [9.17, 15) is 5.11 Å². The molecule has 2 heterocycles. The van der Waals surface area contributed by atoms with Crippen molar-refractivity contribution in [1.29, 1.82) is 0 Å². The van der Waals surface area contributed by atoms with Gasteiger partial charge in [-0.3, -0.25) is 0 Å². The molecular weight excluding hydrogens is 212 g/mol. The van der Waals surface area contributed by atoms with Crippen molar-refractivity contribution >= 4 is 5.82 Å². The first-order valence-electron chi connectivity index (χ1n) is 6.68. The lowest BCUT2D eigenvalue weighted by Crippen LogP contribution is -2.18. The average molecular weight is 232 g/mol. The van der Waals surface area contributed by atoms with Crippen molar-refractivity contribution in [3.8, 4) is 0 Å². The van der Waals surface area contributed by atoms with Gasteiger partial charge in [0.1, 0.15) is 5.82 Å². The van der Waals surface area contributed by atoms with Crippen molar-refractivity contribution in [2.75, 3.05) is 18.0 Å². The summed E-state index contributed by atoms with van der Waals surface area (Å²) >= 11 is 0. The maximum Gasteiger partial charge on any atom is 0.128 e. The average Bonchev–Trinajstić information content (AvgIpc) is 2.89. The molecule has 0 radical (unpaired) electrons. The summed E-state index contributed by atoms with van der Waals surface area (Å²) in [5, 5.41) is 9.79. The summed E-state index contributed by atoms with van der Waals surface area (Å²) in [6.07, 6.45) is 8.34. The highest BCUT2D eigenvalue weighted by Gasteiger charge is 2.39. The second-order valence-corrected chi connectivity index (χ2v) is 5.44. The molecule has 1 aromatic heterocycles. The van der Waals surface area contributed by atoms with E-state index in [2.05, 4.69) is 22.0 Å². The first-order valence-corrected chi connectivity index (χ1v) is 6.68. The summed E-state index contributed by atoms with van der Waals surface area (Å²) in [7, 11) is 0. The van der Waals surface area contributed by atoms with Crippen LogP contribution < -0.4 is 4.90 Å². The summed E-state index contributed by atoms with van der Waals surface area (Å²) in [5.41, 5.74) is 0.904. The molecule has 0 aromatic carbocycles. The van der Waals surface area contributed by atoms with Gasteiger partial charge in [0.25, 0.3) is 0 Å². The van der Waals surface area contributed by atoms with Gasteiger partial charge < -0.3 is 10.0 Å². The van der Waals surface area contributed by atoms with E-state index >= 15 is 0 Å². The number of aryl methyl sites for hydroxylation is 1. The van der Waals surface area contributed by atoms with Crippen molar-refractivity contribution < 1.29 is 5.11 Å². The molecule has 0 unspecified atom stereocenters. The molecule has 1 aliphatic heterocycles. The maximum atomic E-state index is 9.79. The van der Waals surface area contributed by atoms with Gasteiger partial charge in [-0.05, 0) is 50.2 Å². The highest BCUT2D eigenvalue weighted by Crippen LogP contribution is 2.39. The quantitative estimate of drug-likeness (QED) is 0.864. The summed E-state index contributed by atoms with van der Waals surface area (Å²) in [4.78, 5) is 6.87. The molecule has 0 amide bonds.